The van der Waals surface area contributed by atoms with Crippen LogP contribution in [-0.4, -0.2) is 29.2 Å². The molecule has 1 fully saturated rings. The van der Waals surface area contributed by atoms with Gasteiger partial charge in [-0.3, -0.25) is 0 Å². The quantitative estimate of drug-likeness (QED) is 0.674. The summed E-state index contributed by atoms with van der Waals surface area (Å²) in [6.07, 6.45) is -3.34. The Morgan fingerprint density at radius 1 is 1.92 bits per heavy atom. The van der Waals surface area contributed by atoms with E-state index in [1.807, 2.05) is 0 Å². The highest BCUT2D eigenvalue weighted by Crippen LogP contribution is 2.12. The molecule has 12 heavy (non-hydrogen) atoms. The number of nitrogens with zero attached hydrogens (tertiary/aromatic N) is 2. The zero-order chi connectivity index (χ0) is 14.6. The summed E-state index contributed by atoms with van der Waals surface area (Å²) in [7, 11) is 0. The van der Waals surface area contributed by atoms with E-state index in [4.69, 9.17) is 20.1 Å². The first-order valence-corrected chi connectivity index (χ1v) is 3.00. The normalized spacial score (nSPS) is 36.5. The molecule has 2 rings (SSSR count). The van der Waals surface area contributed by atoms with Crippen LogP contribution in [-0.2, 0) is 4.74 Å². The first-order chi connectivity index (χ1) is 8.50. The van der Waals surface area contributed by atoms with Gasteiger partial charge in [-0.1, -0.05) is 0 Å². The van der Waals surface area contributed by atoms with Crippen molar-refractivity contribution in [1.82, 2.24) is 9.97 Å². The summed E-state index contributed by atoms with van der Waals surface area (Å²) in [5, 5.41) is 0. The second kappa shape index (κ2) is 2.94. The van der Waals surface area contributed by atoms with Crippen molar-refractivity contribution in [3.8, 4) is 5.88 Å². The van der Waals surface area contributed by atoms with Crippen LogP contribution in [0, 0.1) is 0 Å². The average molecular weight is 174 g/mol. The molecule has 1 aromatic heterocycles. The zero-order valence-corrected chi connectivity index (χ0v) is 5.79. The molecule has 2 N–H and O–H groups in total. The standard InChI is InChI=1S/C7H9N3O2/c8-7-9-2-1-6(10-7)12-5-3-11-4-5/h1-2,5H,3-4H2,(H2,8,9,10)/i1D,2D,3D2,4D2,5D. The Balaban J connectivity index is 2.41. The van der Waals surface area contributed by atoms with Gasteiger partial charge in [0.15, 0.2) is 0 Å². The Hall–Kier alpha value is -1.36. The van der Waals surface area contributed by atoms with Crippen molar-refractivity contribution in [2.75, 3.05) is 18.9 Å². The van der Waals surface area contributed by atoms with Gasteiger partial charge in [-0.05, 0) is 0 Å². The highest BCUT2D eigenvalue weighted by Gasteiger charge is 2.20. The first-order valence-electron chi connectivity index (χ1n) is 6.50. The molecular formula is C7H9N3O2. The number of aromatic nitrogens is 2. The summed E-state index contributed by atoms with van der Waals surface area (Å²) in [6.45, 7) is -5.46. The number of ether oxygens (including phenoxy) is 2. The van der Waals surface area contributed by atoms with E-state index in [-0.39, 0.29) is 0 Å². The molecule has 5 heteroatoms. The van der Waals surface area contributed by atoms with Crippen molar-refractivity contribution in [1.29, 1.82) is 0 Å². The van der Waals surface area contributed by atoms with Gasteiger partial charge in [0.05, 0.1) is 22.7 Å². The summed E-state index contributed by atoms with van der Waals surface area (Å²) in [6, 6.07) is -0.626. The lowest BCUT2D eigenvalue weighted by atomic mass is 10.3. The minimum Gasteiger partial charge on any atom is -0.469 e. The SMILES string of the molecule is [2H]c1nc(N)nc(OC2([2H])C([2H])([2H])OC2([2H])[2H])c1[2H]. The molecule has 1 aliphatic rings. The largest absolute Gasteiger partial charge is 0.469 e. The lowest BCUT2D eigenvalue weighted by molar-refractivity contribution is -0.0813. The number of nitrogens with two attached hydrogens (primary N) is 1. The van der Waals surface area contributed by atoms with E-state index in [9.17, 15) is 0 Å². The second-order valence-corrected chi connectivity index (χ2v) is 1.86. The van der Waals surface area contributed by atoms with Gasteiger partial charge in [-0.25, -0.2) is 4.98 Å². The molecule has 0 saturated carbocycles. The van der Waals surface area contributed by atoms with Crippen LogP contribution in [0.2, 0.25) is 0 Å². The van der Waals surface area contributed by atoms with E-state index >= 15 is 0 Å². The summed E-state index contributed by atoms with van der Waals surface area (Å²) in [5.41, 5.74) is 5.26. The van der Waals surface area contributed by atoms with Crippen molar-refractivity contribution in [2.24, 2.45) is 0 Å². The fourth-order valence-electron chi connectivity index (χ4n) is 0.569. The molecule has 5 nitrogen and oxygen atoms in total. The molecule has 1 saturated heterocycles. The Bertz CT molecular complexity index is 524. The van der Waals surface area contributed by atoms with Gasteiger partial charge < -0.3 is 15.2 Å². The zero-order valence-electron chi connectivity index (χ0n) is 12.8. The fraction of sp³-hybridized carbons (Fsp3) is 0.429. The fourth-order valence-corrected chi connectivity index (χ4v) is 0.569. The molecule has 0 amide bonds. The molecule has 64 valence electrons. The molecule has 0 unspecified atom stereocenters. The maximum absolute atomic E-state index is 7.70. The summed E-state index contributed by atoms with van der Waals surface area (Å²) in [5.74, 6) is -1.05. The van der Waals surface area contributed by atoms with Crippen LogP contribution in [0.25, 0.3) is 0 Å². The Kier molecular flexibility index (Phi) is 0.698. The molecule has 2 heterocycles. The van der Waals surface area contributed by atoms with E-state index in [0.717, 1.165) is 0 Å². The molecule has 0 bridgehead atoms. The third-order valence-electron chi connectivity index (χ3n) is 1.04. The predicted octanol–water partition coefficient (Wildman–Crippen LogP) is -0.164. The molecule has 1 aliphatic heterocycles. The van der Waals surface area contributed by atoms with Gasteiger partial charge in [0.25, 0.3) is 0 Å². The molecular weight excluding hydrogens is 158 g/mol. The molecule has 1 aromatic rings. The van der Waals surface area contributed by atoms with Crippen molar-refractivity contribution in [2.45, 2.75) is 6.08 Å². The number of nitrogen functional groups attached to an aromatic ring is 1. The molecule has 0 aromatic carbocycles. The monoisotopic (exact) mass is 174 g/mol. The maximum atomic E-state index is 7.70. The third-order valence-corrected chi connectivity index (χ3v) is 1.04. The predicted molar refractivity (Wildman–Crippen MR) is 41.7 cm³/mol. The minimum absolute atomic E-state index is 0.402. The van der Waals surface area contributed by atoms with Crippen LogP contribution in [0.15, 0.2) is 12.2 Å². The molecule has 0 spiro atoms. The number of rotatable bonds is 2. The van der Waals surface area contributed by atoms with Crippen molar-refractivity contribution in [3.05, 3.63) is 12.2 Å². The van der Waals surface area contributed by atoms with Crippen LogP contribution in [0.1, 0.15) is 9.60 Å². The highest BCUT2D eigenvalue weighted by atomic mass is 16.6. The van der Waals surface area contributed by atoms with Crippen molar-refractivity contribution < 1.29 is 19.1 Å². The molecule has 0 aliphatic carbocycles. The van der Waals surface area contributed by atoms with Crippen molar-refractivity contribution >= 4 is 5.95 Å². The summed E-state index contributed by atoms with van der Waals surface area (Å²) >= 11 is 0. The Morgan fingerprint density at radius 3 is 3.50 bits per heavy atom. The third kappa shape index (κ3) is 1.45. The molecule has 0 radical (unpaired) electrons. The van der Waals surface area contributed by atoms with Gasteiger partial charge in [0.1, 0.15) is 6.08 Å². The summed E-state index contributed by atoms with van der Waals surface area (Å²) < 4.78 is 60.8. The van der Waals surface area contributed by atoms with Gasteiger partial charge >= 0.3 is 0 Å². The second-order valence-electron chi connectivity index (χ2n) is 1.86. The Morgan fingerprint density at radius 2 is 2.75 bits per heavy atom. The Labute approximate surface area is 79.4 Å². The van der Waals surface area contributed by atoms with E-state index in [0.29, 0.717) is 0 Å². The number of hydrogen-bond acceptors (Lipinski definition) is 5. The molecule has 0 atom stereocenters. The topological polar surface area (TPSA) is 70.3 Å². The van der Waals surface area contributed by atoms with Crippen LogP contribution in [0.5, 0.6) is 5.88 Å². The maximum Gasteiger partial charge on any atom is 0.223 e. The highest BCUT2D eigenvalue weighted by molar-refractivity contribution is 5.20. The lowest BCUT2D eigenvalue weighted by Crippen LogP contribution is -2.38. The van der Waals surface area contributed by atoms with Gasteiger partial charge in [0.2, 0.25) is 11.8 Å². The minimum atomic E-state index is -2.76. The van der Waals surface area contributed by atoms with E-state index in [1.165, 1.54) is 0 Å². The number of anilines is 1. The smallest absolute Gasteiger partial charge is 0.223 e. The average Bonchev–Trinajstić information content (AvgIpc) is 2.23. The van der Waals surface area contributed by atoms with Crippen molar-refractivity contribution in [3.63, 3.8) is 0 Å². The van der Waals surface area contributed by atoms with Crippen LogP contribution in [0.4, 0.5) is 5.95 Å². The van der Waals surface area contributed by atoms with Gasteiger partial charge in [0, 0.05) is 12.2 Å². The number of hydrogen-bond donors (Lipinski definition) is 1. The first kappa shape index (κ1) is 2.85. The van der Waals surface area contributed by atoms with E-state index in [1.54, 1.807) is 0 Å². The van der Waals surface area contributed by atoms with Crippen LogP contribution < -0.4 is 10.5 Å². The van der Waals surface area contributed by atoms with Crippen LogP contribution in [0.3, 0.4) is 0 Å². The summed E-state index contributed by atoms with van der Waals surface area (Å²) in [4.78, 5) is 6.83. The van der Waals surface area contributed by atoms with Crippen LogP contribution >= 0.6 is 0 Å². The van der Waals surface area contributed by atoms with Gasteiger partial charge in [-0.15, -0.1) is 0 Å². The van der Waals surface area contributed by atoms with E-state index in [2.05, 4.69) is 14.7 Å². The lowest BCUT2D eigenvalue weighted by Gasteiger charge is -2.25. The van der Waals surface area contributed by atoms with E-state index < -0.39 is 43.2 Å². The van der Waals surface area contributed by atoms with Gasteiger partial charge in [-0.2, -0.15) is 4.98 Å².